The lowest BCUT2D eigenvalue weighted by Gasteiger charge is -2.37. The molecule has 2 aromatic rings. The minimum Gasteiger partial charge on any atom is -0.332 e. The molecular formula is C21H24N2O3S. The number of sulfone groups is 1. The van der Waals surface area contributed by atoms with Crippen LogP contribution in [0.2, 0.25) is 0 Å². The molecule has 5 nitrogen and oxygen atoms in total. The normalized spacial score (nSPS) is 18.1. The lowest BCUT2D eigenvalue weighted by molar-refractivity contribution is 0.162. The van der Waals surface area contributed by atoms with Gasteiger partial charge in [-0.3, -0.25) is 0 Å². The van der Waals surface area contributed by atoms with Gasteiger partial charge in [-0.15, -0.1) is 0 Å². The van der Waals surface area contributed by atoms with Crippen LogP contribution in [-0.2, 0) is 22.8 Å². The smallest absolute Gasteiger partial charge is 0.318 e. The second-order valence-electron chi connectivity index (χ2n) is 6.92. The summed E-state index contributed by atoms with van der Waals surface area (Å²) in [7, 11) is -3.22. The number of benzene rings is 2. The van der Waals surface area contributed by atoms with Crippen molar-refractivity contribution in [1.82, 2.24) is 10.2 Å². The molecule has 0 aliphatic carbocycles. The molecule has 1 unspecified atom stereocenters. The van der Waals surface area contributed by atoms with Gasteiger partial charge in [0, 0.05) is 24.3 Å². The molecule has 0 radical (unpaired) electrons. The third-order valence-corrected chi connectivity index (χ3v) is 5.31. The zero-order chi connectivity index (χ0) is 19.4. The molecule has 0 aromatic heterocycles. The van der Waals surface area contributed by atoms with Gasteiger partial charge in [-0.1, -0.05) is 60.7 Å². The van der Waals surface area contributed by atoms with E-state index in [-0.39, 0.29) is 18.1 Å². The molecule has 0 spiro atoms. The topological polar surface area (TPSA) is 66.5 Å². The van der Waals surface area contributed by atoms with Crippen molar-refractivity contribution in [3.63, 3.8) is 0 Å². The van der Waals surface area contributed by atoms with Crippen LogP contribution in [0.3, 0.4) is 0 Å². The maximum absolute atomic E-state index is 13.0. The van der Waals surface area contributed by atoms with Crippen LogP contribution < -0.4 is 5.32 Å². The fourth-order valence-electron chi connectivity index (χ4n) is 3.30. The first-order chi connectivity index (χ1) is 12.8. The van der Waals surface area contributed by atoms with Crippen molar-refractivity contribution in [3.05, 3.63) is 82.8 Å². The summed E-state index contributed by atoms with van der Waals surface area (Å²) in [6.45, 7) is 2.28. The van der Waals surface area contributed by atoms with Gasteiger partial charge in [0.25, 0.3) is 0 Å². The SMILES string of the molecule is CC(/C=C/S(C)(=O)=O)NC(=O)N1Cc2ccccc2C[C@@H]1c1ccccc1. The van der Waals surface area contributed by atoms with E-state index >= 15 is 0 Å². The number of hydrogen-bond donors (Lipinski definition) is 1. The molecule has 1 heterocycles. The highest BCUT2D eigenvalue weighted by Crippen LogP contribution is 2.33. The van der Waals surface area contributed by atoms with E-state index in [1.807, 2.05) is 53.4 Å². The first kappa shape index (κ1) is 19.2. The molecule has 142 valence electrons. The summed E-state index contributed by atoms with van der Waals surface area (Å²) < 4.78 is 22.6. The van der Waals surface area contributed by atoms with Crippen molar-refractivity contribution < 1.29 is 13.2 Å². The molecule has 2 atom stereocenters. The van der Waals surface area contributed by atoms with Gasteiger partial charge in [-0.25, -0.2) is 13.2 Å². The monoisotopic (exact) mass is 384 g/mol. The molecule has 0 fully saturated rings. The molecule has 2 amide bonds. The molecule has 2 aromatic carbocycles. The largest absolute Gasteiger partial charge is 0.332 e. The average molecular weight is 385 g/mol. The Morgan fingerprint density at radius 1 is 1.11 bits per heavy atom. The van der Waals surface area contributed by atoms with Crippen molar-refractivity contribution in [2.45, 2.75) is 32.0 Å². The van der Waals surface area contributed by atoms with Crippen molar-refractivity contribution in [1.29, 1.82) is 0 Å². The van der Waals surface area contributed by atoms with Crippen LogP contribution in [0.15, 0.2) is 66.1 Å². The lowest BCUT2D eigenvalue weighted by Crippen LogP contribution is -2.47. The van der Waals surface area contributed by atoms with Gasteiger partial charge in [0.15, 0.2) is 9.84 Å². The fraction of sp³-hybridized carbons (Fsp3) is 0.286. The standard InChI is InChI=1S/C21H24N2O3S/c1-16(12-13-27(2,25)26)22-21(24)23-15-19-11-7-6-10-18(19)14-20(23)17-8-4-3-5-9-17/h3-13,16,20H,14-15H2,1-2H3,(H,22,24)/b13-12+/t16?,20-/m1/s1. The Hall–Kier alpha value is -2.60. The van der Waals surface area contributed by atoms with Gasteiger partial charge < -0.3 is 10.2 Å². The molecule has 1 aliphatic rings. The number of fused-ring (bicyclic) bond motifs is 1. The highest BCUT2D eigenvalue weighted by Gasteiger charge is 2.31. The Labute approximate surface area is 160 Å². The van der Waals surface area contributed by atoms with Gasteiger partial charge >= 0.3 is 6.03 Å². The van der Waals surface area contributed by atoms with Crippen LogP contribution in [0.1, 0.15) is 29.7 Å². The molecule has 27 heavy (non-hydrogen) atoms. The molecular weight excluding hydrogens is 360 g/mol. The Morgan fingerprint density at radius 3 is 2.41 bits per heavy atom. The third kappa shape index (κ3) is 4.98. The molecule has 3 rings (SSSR count). The van der Waals surface area contributed by atoms with Crippen molar-refractivity contribution >= 4 is 15.9 Å². The Kier molecular flexibility index (Phi) is 5.65. The molecule has 0 saturated carbocycles. The van der Waals surface area contributed by atoms with Crippen LogP contribution in [0.4, 0.5) is 4.79 Å². The predicted molar refractivity (Wildman–Crippen MR) is 107 cm³/mol. The first-order valence-corrected chi connectivity index (χ1v) is 10.9. The van der Waals surface area contributed by atoms with Gasteiger partial charge in [-0.05, 0) is 30.0 Å². The van der Waals surface area contributed by atoms with E-state index in [1.54, 1.807) is 6.92 Å². The quantitative estimate of drug-likeness (QED) is 0.878. The van der Waals surface area contributed by atoms with Crippen LogP contribution in [0.25, 0.3) is 0 Å². The zero-order valence-electron chi connectivity index (χ0n) is 15.5. The van der Waals surface area contributed by atoms with E-state index in [2.05, 4.69) is 11.4 Å². The lowest BCUT2D eigenvalue weighted by atomic mass is 9.90. The highest BCUT2D eigenvalue weighted by molar-refractivity contribution is 7.93. The molecule has 0 saturated heterocycles. The van der Waals surface area contributed by atoms with Crippen LogP contribution in [0.5, 0.6) is 0 Å². The van der Waals surface area contributed by atoms with E-state index < -0.39 is 9.84 Å². The summed E-state index contributed by atoms with van der Waals surface area (Å²) in [6, 6.07) is 17.5. The molecule has 1 N–H and O–H groups in total. The summed E-state index contributed by atoms with van der Waals surface area (Å²) in [5, 5.41) is 4.01. The van der Waals surface area contributed by atoms with Crippen LogP contribution in [0, 0.1) is 0 Å². The number of carbonyl (C=O) groups is 1. The number of carbonyl (C=O) groups excluding carboxylic acids is 1. The Balaban J connectivity index is 1.84. The van der Waals surface area contributed by atoms with Crippen molar-refractivity contribution in [2.24, 2.45) is 0 Å². The first-order valence-electron chi connectivity index (χ1n) is 8.90. The summed E-state index contributed by atoms with van der Waals surface area (Å²) in [5.74, 6) is 0. The molecule has 6 heteroatoms. The fourth-order valence-corrected chi connectivity index (χ4v) is 3.82. The summed E-state index contributed by atoms with van der Waals surface area (Å²) in [5.41, 5.74) is 3.47. The Bertz CT molecular complexity index is 939. The summed E-state index contributed by atoms with van der Waals surface area (Å²) in [6.07, 6.45) is 3.37. The third-order valence-electron chi connectivity index (χ3n) is 4.66. The number of amides is 2. The second kappa shape index (κ2) is 7.96. The summed E-state index contributed by atoms with van der Waals surface area (Å²) in [4.78, 5) is 14.8. The second-order valence-corrected chi connectivity index (χ2v) is 8.85. The zero-order valence-corrected chi connectivity index (χ0v) is 16.3. The van der Waals surface area contributed by atoms with Crippen molar-refractivity contribution in [2.75, 3.05) is 6.26 Å². The van der Waals surface area contributed by atoms with Crippen molar-refractivity contribution in [3.8, 4) is 0 Å². The van der Waals surface area contributed by atoms with Gasteiger partial charge in [0.05, 0.1) is 6.04 Å². The van der Waals surface area contributed by atoms with Crippen LogP contribution in [-0.4, -0.2) is 31.6 Å². The number of urea groups is 1. The van der Waals surface area contributed by atoms with E-state index in [4.69, 9.17) is 0 Å². The van der Waals surface area contributed by atoms with E-state index in [1.165, 1.54) is 11.6 Å². The molecule has 1 aliphatic heterocycles. The van der Waals surface area contributed by atoms with E-state index in [0.717, 1.165) is 29.2 Å². The van der Waals surface area contributed by atoms with E-state index in [0.29, 0.717) is 6.54 Å². The average Bonchev–Trinajstić information content (AvgIpc) is 2.65. The number of nitrogens with one attached hydrogen (secondary N) is 1. The number of hydrogen-bond acceptors (Lipinski definition) is 3. The minimum absolute atomic E-state index is 0.0628. The van der Waals surface area contributed by atoms with Gasteiger partial charge in [-0.2, -0.15) is 0 Å². The summed E-state index contributed by atoms with van der Waals surface area (Å²) >= 11 is 0. The maximum Gasteiger partial charge on any atom is 0.318 e. The van der Waals surface area contributed by atoms with Gasteiger partial charge in [0.2, 0.25) is 0 Å². The predicted octanol–water partition coefficient (Wildman–Crippen LogP) is 3.44. The number of rotatable bonds is 4. The minimum atomic E-state index is -3.22. The number of nitrogens with zero attached hydrogens (tertiary/aromatic N) is 1. The van der Waals surface area contributed by atoms with Gasteiger partial charge in [0.1, 0.15) is 0 Å². The van der Waals surface area contributed by atoms with E-state index in [9.17, 15) is 13.2 Å². The maximum atomic E-state index is 13.0. The molecule has 0 bridgehead atoms. The highest BCUT2D eigenvalue weighted by atomic mass is 32.2. The van der Waals surface area contributed by atoms with Crippen LogP contribution >= 0.6 is 0 Å². The Morgan fingerprint density at radius 2 is 1.74 bits per heavy atom.